The summed E-state index contributed by atoms with van der Waals surface area (Å²) in [5, 5.41) is 6.11. The molecule has 5 aliphatic rings. The van der Waals surface area contributed by atoms with Crippen molar-refractivity contribution in [2.24, 2.45) is 17.8 Å². The fourth-order valence-corrected chi connectivity index (χ4v) is 10.8. The molecule has 4 bridgehead atoms. The van der Waals surface area contributed by atoms with Gasteiger partial charge >= 0.3 is 0 Å². The van der Waals surface area contributed by atoms with Crippen molar-refractivity contribution in [1.29, 1.82) is 0 Å². The highest BCUT2D eigenvalue weighted by Gasteiger charge is 2.62. The monoisotopic (exact) mass is 825 g/mol. The maximum Gasteiger partial charge on any atom is 0.259 e. The van der Waals surface area contributed by atoms with Gasteiger partial charge in [0, 0.05) is 54.3 Å². The quantitative estimate of drug-likeness (QED) is 0.240. The molecule has 2 aliphatic heterocycles. The van der Waals surface area contributed by atoms with Crippen molar-refractivity contribution in [1.82, 2.24) is 25.2 Å². The molecule has 1 saturated heterocycles. The molecule has 0 radical (unpaired) electrons. The minimum absolute atomic E-state index is 0.0109. The normalized spacial score (nSPS) is 26.9. The zero-order valence-electron chi connectivity index (χ0n) is 33.7. The van der Waals surface area contributed by atoms with E-state index in [1.165, 1.54) is 0 Å². The molecule has 2 aromatic carbocycles. The summed E-state index contributed by atoms with van der Waals surface area (Å²) in [5.74, 6) is -1.77. The van der Waals surface area contributed by atoms with Gasteiger partial charge in [-0.25, -0.2) is 13.4 Å². The highest BCUT2D eigenvalue weighted by atomic mass is 32.2. The molecular weight excluding hydrogens is 771 g/mol. The van der Waals surface area contributed by atoms with Gasteiger partial charge in [0.15, 0.2) is 0 Å². The number of carbonyl (C=O) groups excluding carboxylic acids is 4. The number of methoxy groups -OCH3 is 1. The van der Waals surface area contributed by atoms with Gasteiger partial charge in [-0.3, -0.25) is 23.9 Å². The zero-order chi connectivity index (χ0) is 41.3. The molecule has 4 fully saturated rings. The summed E-state index contributed by atoms with van der Waals surface area (Å²) in [5.41, 5.74) is 1.72. The molecule has 0 unspecified atom stereocenters. The Morgan fingerprint density at radius 2 is 1.78 bits per heavy atom. The molecule has 3 aromatic rings. The first-order chi connectivity index (χ1) is 28.5. The van der Waals surface area contributed by atoms with Gasteiger partial charge in [-0.15, -0.1) is 6.58 Å². The van der Waals surface area contributed by atoms with Crippen LogP contribution in [-0.2, 0) is 35.6 Å². The molecule has 3 saturated carbocycles. The zero-order valence-corrected chi connectivity index (χ0v) is 34.6. The standard InChI is InChI=1S/C45H55N5O8S/c1-3-31-26-45(31,44(54)49-59(55,56)33-18-19-33)48-42(52)38-22-32-27-50(38)43(53)34(28-13-7-4-8-14-28)23-41(51)46-20-12-6-11-17-30-21-35-37(25-39(30)57-2)47-36(24-40(35)58-32)29-15-9-5-10-16-29/h3,5,9-10,15-16,21,24-25,28,31-34,38H,1,4,6-8,11-14,17-20,22-23,26-27H2,2H3,(H,46,51)(H,48,52)(H,49,54)/t31-,32-,34+,38+,45-/m1/s1. The lowest BCUT2D eigenvalue weighted by molar-refractivity contribution is -0.146. The summed E-state index contributed by atoms with van der Waals surface area (Å²) in [4.78, 5) is 63.5. The molecule has 3 N–H and O–H groups in total. The first-order valence-corrected chi connectivity index (χ1v) is 22.9. The molecule has 8 rings (SSSR count). The number of amides is 4. The average Bonchev–Trinajstić information content (AvgIpc) is 4.17. The van der Waals surface area contributed by atoms with E-state index in [9.17, 15) is 22.8 Å². The van der Waals surface area contributed by atoms with Gasteiger partial charge < -0.3 is 25.0 Å². The first-order valence-electron chi connectivity index (χ1n) is 21.3. The van der Waals surface area contributed by atoms with Crippen LogP contribution in [0, 0.1) is 17.8 Å². The van der Waals surface area contributed by atoms with Gasteiger partial charge in [0.2, 0.25) is 27.7 Å². The van der Waals surface area contributed by atoms with Gasteiger partial charge in [0.25, 0.3) is 5.91 Å². The number of hydrogen-bond acceptors (Lipinski definition) is 9. The Morgan fingerprint density at radius 3 is 2.49 bits per heavy atom. The smallest absolute Gasteiger partial charge is 0.259 e. The minimum Gasteiger partial charge on any atom is -0.496 e. The predicted molar refractivity (Wildman–Crippen MR) is 223 cm³/mol. The van der Waals surface area contributed by atoms with E-state index in [0.29, 0.717) is 42.1 Å². The van der Waals surface area contributed by atoms with Crippen LogP contribution in [-0.4, -0.2) is 85.1 Å². The highest BCUT2D eigenvalue weighted by Crippen LogP contribution is 2.46. The molecule has 314 valence electrons. The predicted octanol–water partition coefficient (Wildman–Crippen LogP) is 5.36. The third kappa shape index (κ3) is 8.69. The fourth-order valence-electron chi connectivity index (χ4n) is 9.40. The van der Waals surface area contributed by atoms with Crippen molar-refractivity contribution in [3.05, 3.63) is 66.7 Å². The lowest BCUT2D eigenvalue weighted by atomic mass is 9.77. The number of aryl methyl sites for hydroxylation is 1. The Hall–Kier alpha value is -4.98. The van der Waals surface area contributed by atoms with Crippen LogP contribution in [0.4, 0.5) is 0 Å². The second-order valence-corrected chi connectivity index (χ2v) is 19.0. The van der Waals surface area contributed by atoms with Gasteiger partial charge in [-0.05, 0) is 68.9 Å². The molecule has 4 amide bonds. The van der Waals surface area contributed by atoms with Crippen LogP contribution in [0.15, 0.2) is 61.2 Å². The number of sulfonamides is 1. The van der Waals surface area contributed by atoms with E-state index in [1.54, 1.807) is 18.1 Å². The third-order valence-corrected chi connectivity index (χ3v) is 14.8. The number of nitrogens with one attached hydrogen (secondary N) is 3. The van der Waals surface area contributed by atoms with Gasteiger partial charge in [0.1, 0.15) is 29.2 Å². The Balaban J connectivity index is 1.17. The van der Waals surface area contributed by atoms with Crippen molar-refractivity contribution in [2.75, 3.05) is 20.2 Å². The molecule has 5 atom stereocenters. The number of aromatic nitrogens is 1. The number of ether oxygens (including phenoxy) is 2. The third-order valence-electron chi connectivity index (χ3n) is 13.0. The second kappa shape index (κ2) is 16.9. The van der Waals surface area contributed by atoms with E-state index < -0.39 is 56.6 Å². The molecule has 0 spiro atoms. The molecule has 3 aliphatic carbocycles. The van der Waals surface area contributed by atoms with Crippen LogP contribution in [0.5, 0.6) is 11.5 Å². The number of rotatable bonds is 9. The van der Waals surface area contributed by atoms with Crippen LogP contribution < -0.4 is 24.8 Å². The summed E-state index contributed by atoms with van der Waals surface area (Å²) in [6.45, 7) is 4.40. The van der Waals surface area contributed by atoms with E-state index in [2.05, 4.69) is 28.0 Å². The van der Waals surface area contributed by atoms with Gasteiger partial charge in [0.05, 0.1) is 30.1 Å². The summed E-state index contributed by atoms with van der Waals surface area (Å²) in [6.07, 6.45) is 10.0. The largest absolute Gasteiger partial charge is 0.496 e. The van der Waals surface area contributed by atoms with Crippen LogP contribution in [0.3, 0.4) is 0 Å². The summed E-state index contributed by atoms with van der Waals surface area (Å²) < 4.78 is 40.7. The van der Waals surface area contributed by atoms with Gasteiger partial charge in [-0.1, -0.05) is 62.1 Å². The average molecular weight is 826 g/mol. The minimum atomic E-state index is -3.89. The van der Waals surface area contributed by atoms with Crippen LogP contribution >= 0.6 is 0 Å². The lowest BCUT2D eigenvalue weighted by Gasteiger charge is -2.34. The summed E-state index contributed by atoms with van der Waals surface area (Å²) in [7, 11) is -2.25. The first kappa shape index (κ1) is 40.8. The lowest BCUT2D eigenvalue weighted by Crippen LogP contribution is -2.57. The SMILES string of the molecule is C=C[C@@H]1C[C@]1(NC(=O)[C@@H]1C[C@@H]2CN1C(=O)[C@H](C1CCCCC1)CC(=O)NCCCCCc1cc3c(cc(-c4ccccc4)nc3cc1OC)O2)C(=O)NS(=O)(=O)C1CC1. The van der Waals surface area contributed by atoms with Gasteiger partial charge in [-0.2, -0.15) is 0 Å². The molecule has 14 heteroatoms. The van der Waals surface area contributed by atoms with Crippen LogP contribution in [0.1, 0.15) is 89.0 Å². The Labute approximate surface area is 346 Å². The number of fused-ring (bicyclic) bond motifs is 3. The Morgan fingerprint density at radius 1 is 1.02 bits per heavy atom. The maximum absolute atomic E-state index is 15.0. The topological polar surface area (TPSA) is 173 Å². The molecule has 59 heavy (non-hydrogen) atoms. The molecular formula is C45H55N5O8S. The van der Waals surface area contributed by atoms with Crippen molar-refractivity contribution >= 4 is 44.6 Å². The summed E-state index contributed by atoms with van der Waals surface area (Å²) >= 11 is 0. The second-order valence-electron chi connectivity index (χ2n) is 17.1. The van der Waals surface area contributed by atoms with Crippen molar-refractivity contribution in [3.8, 4) is 22.8 Å². The van der Waals surface area contributed by atoms with Crippen molar-refractivity contribution in [2.45, 2.75) is 113 Å². The number of nitrogens with zero attached hydrogens (tertiary/aromatic N) is 2. The number of benzene rings is 2. The Kier molecular flexibility index (Phi) is 11.7. The van der Waals surface area contributed by atoms with E-state index in [1.807, 2.05) is 42.5 Å². The van der Waals surface area contributed by atoms with Crippen molar-refractivity contribution in [3.63, 3.8) is 0 Å². The highest BCUT2D eigenvalue weighted by molar-refractivity contribution is 7.91. The fraction of sp³-hybridized carbons (Fsp3) is 0.533. The Bertz CT molecular complexity index is 2220. The number of carbonyl (C=O) groups is 4. The van der Waals surface area contributed by atoms with Crippen LogP contribution in [0.25, 0.3) is 22.2 Å². The van der Waals surface area contributed by atoms with E-state index in [4.69, 9.17) is 14.5 Å². The molecule has 13 nitrogen and oxygen atoms in total. The number of hydrogen-bond donors (Lipinski definition) is 3. The van der Waals surface area contributed by atoms with E-state index in [-0.39, 0.29) is 43.5 Å². The van der Waals surface area contributed by atoms with Crippen molar-refractivity contribution < 1.29 is 37.1 Å². The molecule has 3 heterocycles. The number of pyridine rings is 1. The summed E-state index contributed by atoms with van der Waals surface area (Å²) in [6, 6.07) is 14.6. The maximum atomic E-state index is 15.0. The molecule has 1 aromatic heterocycles. The van der Waals surface area contributed by atoms with Crippen LogP contribution in [0.2, 0.25) is 0 Å². The van der Waals surface area contributed by atoms with E-state index >= 15 is 4.79 Å². The van der Waals surface area contributed by atoms with E-state index in [0.717, 1.165) is 74.3 Å².